The van der Waals surface area contributed by atoms with Crippen LogP contribution in [0.2, 0.25) is 0 Å². The maximum atomic E-state index is 12.6. The zero-order valence-corrected chi connectivity index (χ0v) is 17.8. The number of amides is 1. The topological polar surface area (TPSA) is 66.5 Å². The van der Waals surface area contributed by atoms with Gasteiger partial charge in [-0.15, -0.1) is 11.3 Å². The molecule has 0 saturated carbocycles. The highest BCUT2D eigenvalue weighted by Crippen LogP contribution is 2.32. The van der Waals surface area contributed by atoms with Crippen LogP contribution in [0, 0.1) is 5.92 Å². The van der Waals surface area contributed by atoms with Crippen LogP contribution >= 0.6 is 11.3 Å². The van der Waals surface area contributed by atoms with E-state index in [0.717, 1.165) is 12.8 Å². The molecule has 0 spiro atoms. The summed E-state index contributed by atoms with van der Waals surface area (Å²) < 4.78 is 26.3. The van der Waals surface area contributed by atoms with Crippen molar-refractivity contribution in [2.24, 2.45) is 5.92 Å². The second kappa shape index (κ2) is 7.73. The summed E-state index contributed by atoms with van der Waals surface area (Å²) in [4.78, 5) is 14.8. The standard InChI is InChI=1S/C20H26N2O3S2/c1-13(2)22(4)27(24,25)17-8-6-16(7-9-17)21-20(23)19-12-15-11-14(3)5-10-18(15)26-19/h6-9,12-14H,5,10-11H2,1-4H3,(H,21,23). The van der Waals surface area contributed by atoms with E-state index in [1.807, 2.05) is 19.9 Å². The number of fused-ring (bicyclic) bond motifs is 1. The average Bonchev–Trinajstić information content (AvgIpc) is 3.04. The highest BCUT2D eigenvalue weighted by molar-refractivity contribution is 7.89. The van der Waals surface area contributed by atoms with Crippen molar-refractivity contribution in [3.05, 3.63) is 45.6 Å². The van der Waals surface area contributed by atoms with E-state index >= 15 is 0 Å². The number of rotatable bonds is 5. The molecule has 0 radical (unpaired) electrons. The van der Waals surface area contributed by atoms with Gasteiger partial charge in [-0.1, -0.05) is 6.92 Å². The van der Waals surface area contributed by atoms with Gasteiger partial charge in [-0.25, -0.2) is 8.42 Å². The summed E-state index contributed by atoms with van der Waals surface area (Å²) >= 11 is 1.56. The molecule has 3 rings (SSSR count). The summed E-state index contributed by atoms with van der Waals surface area (Å²) in [7, 11) is -1.96. The molecule has 1 amide bonds. The van der Waals surface area contributed by atoms with Gasteiger partial charge in [0.1, 0.15) is 0 Å². The molecule has 1 aliphatic carbocycles. The quantitative estimate of drug-likeness (QED) is 0.811. The van der Waals surface area contributed by atoms with E-state index in [4.69, 9.17) is 0 Å². The fourth-order valence-corrected chi connectivity index (χ4v) is 5.64. The van der Waals surface area contributed by atoms with E-state index in [1.165, 1.54) is 33.3 Å². The minimum atomic E-state index is -3.52. The minimum Gasteiger partial charge on any atom is -0.321 e. The predicted molar refractivity (Wildman–Crippen MR) is 110 cm³/mol. The first-order valence-corrected chi connectivity index (χ1v) is 11.4. The molecular weight excluding hydrogens is 380 g/mol. The van der Waals surface area contributed by atoms with E-state index in [9.17, 15) is 13.2 Å². The summed E-state index contributed by atoms with van der Waals surface area (Å²) in [6.45, 7) is 5.90. The SMILES string of the molecule is CC1CCc2sc(C(=O)Nc3ccc(S(=O)(=O)N(C)C(C)C)cc3)cc2C1. The van der Waals surface area contributed by atoms with Crippen molar-refractivity contribution in [1.82, 2.24) is 4.31 Å². The number of benzene rings is 1. The molecule has 1 aliphatic rings. The Balaban J connectivity index is 1.73. The van der Waals surface area contributed by atoms with Gasteiger partial charge in [0.05, 0.1) is 9.77 Å². The zero-order chi connectivity index (χ0) is 19.8. The number of anilines is 1. The first kappa shape index (κ1) is 20.0. The van der Waals surface area contributed by atoms with Crippen LogP contribution in [0.5, 0.6) is 0 Å². The Morgan fingerprint density at radius 1 is 1.26 bits per heavy atom. The van der Waals surface area contributed by atoms with Crippen molar-refractivity contribution in [2.75, 3.05) is 12.4 Å². The van der Waals surface area contributed by atoms with Crippen LogP contribution in [0.25, 0.3) is 0 Å². The third-order valence-electron chi connectivity index (χ3n) is 5.07. The monoisotopic (exact) mass is 406 g/mol. The number of carbonyl (C=O) groups is 1. The molecule has 27 heavy (non-hydrogen) atoms. The number of nitrogens with one attached hydrogen (secondary N) is 1. The molecule has 1 aromatic carbocycles. The fourth-order valence-electron chi connectivity index (χ4n) is 3.16. The van der Waals surface area contributed by atoms with Gasteiger partial charge >= 0.3 is 0 Å². The van der Waals surface area contributed by atoms with Crippen LogP contribution in [-0.2, 0) is 22.9 Å². The highest BCUT2D eigenvalue weighted by atomic mass is 32.2. The Morgan fingerprint density at radius 2 is 1.93 bits per heavy atom. The fraction of sp³-hybridized carbons (Fsp3) is 0.450. The number of aryl methyl sites for hydroxylation is 1. The van der Waals surface area contributed by atoms with Crippen LogP contribution in [-0.4, -0.2) is 31.7 Å². The third-order valence-corrected chi connectivity index (χ3v) is 8.35. The van der Waals surface area contributed by atoms with Gasteiger partial charge < -0.3 is 5.32 Å². The molecule has 1 atom stereocenters. The Morgan fingerprint density at radius 3 is 2.56 bits per heavy atom. The Labute approximate surface area is 165 Å². The van der Waals surface area contributed by atoms with Gasteiger partial charge in [-0.05, 0) is 74.9 Å². The van der Waals surface area contributed by atoms with Gasteiger partial charge in [-0.2, -0.15) is 4.31 Å². The lowest BCUT2D eigenvalue weighted by Gasteiger charge is -2.21. The molecule has 7 heteroatoms. The first-order valence-electron chi connectivity index (χ1n) is 9.19. The van der Waals surface area contributed by atoms with Crippen molar-refractivity contribution >= 4 is 33.0 Å². The largest absolute Gasteiger partial charge is 0.321 e. The van der Waals surface area contributed by atoms with Crippen molar-refractivity contribution in [1.29, 1.82) is 0 Å². The molecule has 146 valence electrons. The molecule has 1 aromatic heterocycles. The maximum Gasteiger partial charge on any atom is 0.265 e. The number of carbonyl (C=O) groups excluding carboxylic acids is 1. The minimum absolute atomic E-state index is 0.123. The van der Waals surface area contributed by atoms with Crippen LogP contribution < -0.4 is 5.32 Å². The van der Waals surface area contributed by atoms with Crippen molar-refractivity contribution < 1.29 is 13.2 Å². The molecule has 0 bridgehead atoms. The van der Waals surface area contributed by atoms with E-state index in [1.54, 1.807) is 30.5 Å². The lowest BCUT2D eigenvalue weighted by Crippen LogP contribution is -2.33. The zero-order valence-electron chi connectivity index (χ0n) is 16.2. The van der Waals surface area contributed by atoms with Gasteiger partial charge in [0, 0.05) is 23.7 Å². The molecule has 5 nitrogen and oxygen atoms in total. The molecule has 0 saturated heterocycles. The average molecular weight is 407 g/mol. The van der Waals surface area contributed by atoms with Gasteiger partial charge in [0.25, 0.3) is 5.91 Å². The van der Waals surface area contributed by atoms with E-state index in [0.29, 0.717) is 16.5 Å². The first-order chi connectivity index (χ1) is 12.7. The third kappa shape index (κ3) is 4.25. The molecule has 0 aliphatic heterocycles. The normalized spacial score (nSPS) is 17.2. The highest BCUT2D eigenvalue weighted by Gasteiger charge is 2.23. The molecule has 1 unspecified atom stereocenters. The van der Waals surface area contributed by atoms with Crippen LogP contribution in [0.4, 0.5) is 5.69 Å². The summed E-state index contributed by atoms with van der Waals surface area (Å²) in [5.74, 6) is 0.526. The van der Waals surface area contributed by atoms with Crippen LogP contribution in [0.15, 0.2) is 35.2 Å². The van der Waals surface area contributed by atoms with Crippen LogP contribution in [0.3, 0.4) is 0 Å². The summed E-state index contributed by atoms with van der Waals surface area (Å²) in [6, 6.07) is 8.21. The second-order valence-corrected chi connectivity index (χ2v) is 10.6. The molecule has 2 aromatic rings. The van der Waals surface area contributed by atoms with Crippen molar-refractivity contribution in [3.63, 3.8) is 0 Å². The summed E-state index contributed by atoms with van der Waals surface area (Å²) in [6.07, 6.45) is 3.26. The number of hydrogen-bond acceptors (Lipinski definition) is 4. The van der Waals surface area contributed by atoms with Gasteiger partial charge in [0.15, 0.2) is 0 Å². The number of sulfonamides is 1. The number of nitrogens with zero attached hydrogens (tertiary/aromatic N) is 1. The Kier molecular flexibility index (Phi) is 5.74. The van der Waals surface area contributed by atoms with E-state index in [-0.39, 0.29) is 16.8 Å². The summed E-state index contributed by atoms with van der Waals surface area (Å²) in [5.41, 5.74) is 1.88. The Hall–Kier alpha value is -1.70. The second-order valence-electron chi connectivity index (χ2n) is 7.50. The summed E-state index contributed by atoms with van der Waals surface area (Å²) in [5, 5.41) is 2.87. The van der Waals surface area contributed by atoms with Crippen LogP contribution in [0.1, 0.15) is 47.3 Å². The van der Waals surface area contributed by atoms with E-state index in [2.05, 4.69) is 12.2 Å². The number of thiophene rings is 1. The smallest absolute Gasteiger partial charge is 0.265 e. The molecular formula is C20H26N2O3S2. The molecule has 1 heterocycles. The molecule has 1 N–H and O–H groups in total. The lowest BCUT2D eigenvalue weighted by molar-refractivity contribution is 0.103. The lowest BCUT2D eigenvalue weighted by atomic mass is 9.90. The Bertz CT molecular complexity index is 931. The maximum absolute atomic E-state index is 12.6. The number of hydrogen-bond donors (Lipinski definition) is 1. The van der Waals surface area contributed by atoms with Crippen molar-refractivity contribution in [3.8, 4) is 0 Å². The van der Waals surface area contributed by atoms with Crippen molar-refractivity contribution in [2.45, 2.75) is 51.0 Å². The van der Waals surface area contributed by atoms with Gasteiger partial charge in [0.2, 0.25) is 10.0 Å². The predicted octanol–water partition coefficient (Wildman–Crippen LogP) is 4.15. The van der Waals surface area contributed by atoms with E-state index < -0.39 is 10.0 Å². The molecule has 0 fully saturated rings. The van der Waals surface area contributed by atoms with Gasteiger partial charge in [-0.3, -0.25) is 4.79 Å².